The van der Waals surface area contributed by atoms with Gasteiger partial charge in [0.05, 0.1) is 46.4 Å². The van der Waals surface area contributed by atoms with Crippen LogP contribution in [0.1, 0.15) is 34.4 Å². The lowest BCUT2D eigenvalue weighted by atomic mass is 9.96. The van der Waals surface area contributed by atoms with Crippen molar-refractivity contribution in [3.05, 3.63) is 53.7 Å². The zero-order valence-corrected chi connectivity index (χ0v) is 20.0. The number of benzene rings is 2. The Balaban J connectivity index is 1.71. The van der Waals surface area contributed by atoms with Crippen molar-refractivity contribution in [2.24, 2.45) is 0 Å². The molecule has 0 bridgehead atoms. The van der Waals surface area contributed by atoms with Gasteiger partial charge in [-0.05, 0) is 29.8 Å². The van der Waals surface area contributed by atoms with Gasteiger partial charge in [-0.25, -0.2) is 4.68 Å². The standard InChI is InChI=1S/C24H25F3N4O5/c1-33-14-6-8-18(34-2)17(10-14)30-23(32)15-12-28-31-21(24(25,26)27)11-16(29-22(15)31)13-5-7-19(35-3)20(9-13)36-4/h5-10,12,16,21,29H,11H2,1-4H3,(H,30,32)/t16-,21+/m1/s1. The maximum Gasteiger partial charge on any atom is 0.410 e. The van der Waals surface area contributed by atoms with Crippen molar-refractivity contribution < 1.29 is 36.9 Å². The molecule has 1 amide bonds. The van der Waals surface area contributed by atoms with Crippen LogP contribution >= 0.6 is 0 Å². The smallest absolute Gasteiger partial charge is 0.410 e. The number of rotatable bonds is 7. The minimum absolute atomic E-state index is 0.0530. The van der Waals surface area contributed by atoms with Crippen molar-refractivity contribution in [3.63, 3.8) is 0 Å². The summed E-state index contributed by atoms with van der Waals surface area (Å²) in [6.07, 6.45) is -3.82. The second-order valence-electron chi connectivity index (χ2n) is 7.98. The van der Waals surface area contributed by atoms with Crippen LogP contribution in [0.25, 0.3) is 0 Å². The van der Waals surface area contributed by atoms with Crippen molar-refractivity contribution in [2.45, 2.75) is 24.7 Å². The second kappa shape index (κ2) is 9.88. The first-order valence-corrected chi connectivity index (χ1v) is 10.9. The molecule has 0 radical (unpaired) electrons. The van der Waals surface area contributed by atoms with E-state index in [-0.39, 0.29) is 17.8 Å². The van der Waals surface area contributed by atoms with Gasteiger partial charge in [-0.15, -0.1) is 0 Å². The molecule has 2 atom stereocenters. The van der Waals surface area contributed by atoms with E-state index in [0.717, 1.165) is 10.9 Å². The largest absolute Gasteiger partial charge is 0.497 e. The van der Waals surface area contributed by atoms with Gasteiger partial charge < -0.3 is 29.6 Å². The normalized spacial score (nSPS) is 17.0. The quantitative estimate of drug-likeness (QED) is 0.474. The molecule has 2 heterocycles. The van der Waals surface area contributed by atoms with Gasteiger partial charge in [-0.1, -0.05) is 6.07 Å². The third-order valence-corrected chi connectivity index (χ3v) is 5.95. The molecule has 0 aliphatic carbocycles. The number of methoxy groups -OCH3 is 4. The predicted octanol–water partition coefficient (Wildman–Crippen LogP) is 4.83. The summed E-state index contributed by atoms with van der Waals surface area (Å²) in [4.78, 5) is 13.2. The Kier molecular flexibility index (Phi) is 6.86. The van der Waals surface area contributed by atoms with E-state index in [0.29, 0.717) is 34.2 Å². The maximum atomic E-state index is 14.0. The van der Waals surface area contributed by atoms with E-state index < -0.39 is 24.2 Å². The molecule has 1 aromatic heterocycles. The molecular formula is C24H25F3N4O5. The summed E-state index contributed by atoms with van der Waals surface area (Å²) in [6.45, 7) is 0. The molecule has 0 unspecified atom stereocenters. The van der Waals surface area contributed by atoms with Gasteiger partial charge in [-0.3, -0.25) is 4.79 Å². The van der Waals surface area contributed by atoms with E-state index in [1.54, 1.807) is 36.4 Å². The van der Waals surface area contributed by atoms with Crippen LogP contribution in [0.5, 0.6) is 23.0 Å². The van der Waals surface area contributed by atoms with Gasteiger partial charge in [0.1, 0.15) is 22.9 Å². The summed E-state index contributed by atoms with van der Waals surface area (Å²) in [7, 11) is 5.81. The van der Waals surface area contributed by atoms with E-state index in [1.165, 1.54) is 28.4 Å². The number of hydrogen-bond acceptors (Lipinski definition) is 7. The first-order chi connectivity index (χ1) is 17.2. The van der Waals surface area contributed by atoms with Crippen LogP contribution in [-0.4, -0.2) is 50.3 Å². The fraction of sp³-hybridized carbons (Fsp3) is 0.333. The van der Waals surface area contributed by atoms with Gasteiger partial charge in [0, 0.05) is 12.5 Å². The highest BCUT2D eigenvalue weighted by Gasteiger charge is 2.47. The molecule has 0 fully saturated rings. The third kappa shape index (κ3) is 4.70. The number of hydrogen-bond donors (Lipinski definition) is 2. The molecule has 2 N–H and O–H groups in total. The first-order valence-electron chi connectivity index (χ1n) is 10.9. The van der Waals surface area contributed by atoms with Crippen LogP contribution in [0.15, 0.2) is 42.6 Å². The Bertz CT molecular complexity index is 1260. The molecule has 3 aromatic rings. The van der Waals surface area contributed by atoms with Crippen LogP contribution in [0.4, 0.5) is 24.7 Å². The topological polar surface area (TPSA) is 95.9 Å². The summed E-state index contributed by atoms with van der Waals surface area (Å²) >= 11 is 0. The zero-order chi connectivity index (χ0) is 26.0. The van der Waals surface area contributed by atoms with Crippen LogP contribution < -0.4 is 29.6 Å². The first kappa shape index (κ1) is 25.0. The van der Waals surface area contributed by atoms with Crippen molar-refractivity contribution >= 4 is 17.4 Å². The number of amides is 1. The van der Waals surface area contributed by atoms with Crippen LogP contribution in [0, 0.1) is 0 Å². The lowest BCUT2D eigenvalue weighted by Crippen LogP contribution is -2.36. The monoisotopic (exact) mass is 506 g/mol. The molecule has 1 aliphatic heterocycles. The SMILES string of the molecule is COc1ccc(OC)c(NC(=O)c2cnn3c2N[C@@H](c2ccc(OC)c(OC)c2)C[C@H]3C(F)(F)F)c1. The molecule has 1 aliphatic rings. The van der Waals surface area contributed by atoms with Crippen molar-refractivity contribution in [2.75, 3.05) is 39.1 Å². The fourth-order valence-electron chi connectivity index (χ4n) is 4.12. The molecule has 0 saturated heterocycles. The van der Waals surface area contributed by atoms with Crippen LogP contribution in [-0.2, 0) is 0 Å². The zero-order valence-electron chi connectivity index (χ0n) is 20.0. The average molecular weight is 506 g/mol. The number of fused-ring (bicyclic) bond motifs is 1. The van der Waals surface area contributed by atoms with Crippen molar-refractivity contribution in [3.8, 4) is 23.0 Å². The van der Waals surface area contributed by atoms with E-state index in [2.05, 4.69) is 15.7 Å². The number of alkyl halides is 3. The van der Waals surface area contributed by atoms with Crippen molar-refractivity contribution in [1.29, 1.82) is 0 Å². The summed E-state index contributed by atoms with van der Waals surface area (Å²) in [5.41, 5.74) is 0.774. The van der Waals surface area contributed by atoms with E-state index in [4.69, 9.17) is 18.9 Å². The molecule has 2 aromatic carbocycles. The number of carbonyl (C=O) groups excluding carboxylic acids is 1. The summed E-state index contributed by atoms with van der Waals surface area (Å²) in [5.74, 6) is 0.928. The Labute approximate surface area is 205 Å². The average Bonchev–Trinajstić information content (AvgIpc) is 3.31. The van der Waals surface area contributed by atoms with Crippen LogP contribution in [0.3, 0.4) is 0 Å². The van der Waals surface area contributed by atoms with Gasteiger partial charge in [0.2, 0.25) is 0 Å². The summed E-state index contributed by atoms with van der Waals surface area (Å²) in [6, 6.07) is 6.96. The number of ether oxygens (including phenoxy) is 4. The third-order valence-electron chi connectivity index (χ3n) is 5.95. The number of halogens is 3. The van der Waals surface area contributed by atoms with Crippen molar-refractivity contribution in [1.82, 2.24) is 9.78 Å². The maximum absolute atomic E-state index is 14.0. The van der Waals surface area contributed by atoms with Crippen LogP contribution in [0.2, 0.25) is 0 Å². The van der Waals surface area contributed by atoms with E-state index >= 15 is 0 Å². The molecule has 4 rings (SSSR count). The predicted molar refractivity (Wildman–Crippen MR) is 125 cm³/mol. The van der Waals surface area contributed by atoms with E-state index in [1.807, 2.05) is 0 Å². The number of nitrogens with zero attached hydrogens (tertiary/aromatic N) is 2. The number of anilines is 2. The Morgan fingerprint density at radius 2 is 1.69 bits per heavy atom. The Morgan fingerprint density at radius 3 is 2.33 bits per heavy atom. The van der Waals surface area contributed by atoms with Gasteiger partial charge >= 0.3 is 6.18 Å². The molecule has 9 nitrogen and oxygen atoms in total. The van der Waals surface area contributed by atoms with E-state index in [9.17, 15) is 18.0 Å². The molecular weight excluding hydrogens is 481 g/mol. The summed E-state index contributed by atoms with van der Waals surface area (Å²) in [5, 5.41) is 9.64. The highest BCUT2D eigenvalue weighted by atomic mass is 19.4. The molecule has 192 valence electrons. The second-order valence-corrected chi connectivity index (χ2v) is 7.98. The molecule has 12 heteroatoms. The highest BCUT2D eigenvalue weighted by Crippen LogP contribution is 2.45. The molecule has 36 heavy (non-hydrogen) atoms. The van der Waals surface area contributed by atoms with Gasteiger partial charge in [0.15, 0.2) is 17.5 Å². The minimum Gasteiger partial charge on any atom is -0.497 e. The molecule has 0 spiro atoms. The summed E-state index contributed by atoms with van der Waals surface area (Å²) < 4.78 is 63.9. The fourth-order valence-corrected chi connectivity index (χ4v) is 4.12. The lowest BCUT2D eigenvalue weighted by molar-refractivity contribution is -0.173. The number of aromatic nitrogens is 2. The number of nitrogens with one attached hydrogen (secondary N) is 2. The Hall–Kier alpha value is -4.09. The van der Waals surface area contributed by atoms with Gasteiger partial charge in [0.25, 0.3) is 5.91 Å². The van der Waals surface area contributed by atoms with Gasteiger partial charge in [-0.2, -0.15) is 18.3 Å². The minimum atomic E-state index is -4.60. The molecule has 0 saturated carbocycles. The highest BCUT2D eigenvalue weighted by molar-refractivity contribution is 6.08. The lowest BCUT2D eigenvalue weighted by Gasteiger charge is -2.34. The number of carbonyl (C=O) groups is 1. The Morgan fingerprint density at radius 1 is 1.00 bits per heavy atom.